The monoisotopic (exact) mass is 219 g/mol. The van der Waals surface area contributed by atoms with Gasteiger partial charge in [-0.2, -0.15) is 18.4 Å². The van der Waals surface area contributed by atoms with E-state index in [9.17, 15) is 13.2 Å². The van der Waals surface area contributed by atoms with Crippen LogP contribution in [0, 0.1) is 23.2 Å². The predicted molar refractivity (Wildman–Crippen MR) is 51.0 cm³/mol. The molecular weight excluding hydrogens is 203 g/mol. The normalized spacial score (nSPS) is 20.1. The Morgan fingerprint density at radius 1 is 1.27 bits per heavy atom. The quantitative estimate of drug-likeness (QED) is 0.699. The minimum Gasteiger partial charge on any atom is -0.198 e. The zero-order chi connectivity index (χ0) is 11.3. The number of rotatable bonds is 4. The molecule has 0 aliphatic heterocycles. The molecule has 0 saturated heterocycles. The SMILES string of the molecule is N#CC(CCCC(F)(F)F)C1CCCC1. The molecule has 1 unspecified atom stereocenters. The summed E-state index contributed by atoms with van der Waals surface area (Å²) in [5.74, 6) is 0.193. The van der Waals surface area contributed by atoms with E-state index in [-0.39, 0.29) is 12.3 Å². The third kappa shape index (κ3) is 4.55. The van der Waals surface area contributed by atoms with Crippen LogP contribution in [0.2, 0.25) is 0 Å². The van der Waals surface area contributed by atoms with Crippen molar-refractivity contribution in [3.8, 4) is 6.07 Å². The molecule has 1 rings (SSSR count). The van der Waals surface area contributed by atoms with Crippen molar-refractivity contribution in [2.45, 2.75) is 51.1 Å². The van der Waals surface area contributed by atoms with Crippen LogP contribution >= 0.6 is 0 Å². The fraction of sp³-hybridized carbons (Fsp3) is 0.909. The molecule has 1 aliphatic rings. The van der Waals surface area contributed by atoms with Crippen molar-refractivity contribution in [1.29, 1.82) is 5.26 Å². The summed E-state index contributed by atoms with van der Waals surface area (Å²) >= 11 is 0. The second-order valence-electron chi connectivity index (χ2n) is 4.29. The van der Waals surface area contributed by atoms with Crippen LogP contribution in [0.1, 0.15) is 44.9 Å². The molecule has 1 fully saturated rings. The summed E-state index contributed by atoms with van der Waals surface area (Å²) in [6.45, 7) is 0. The molecule has 1 saturated carbocycles. The standard InChI is InChI=1S/C11H16F3N/c12-11(13,14)7-3-6-10(8-15)9-4-1-2-5-9/h9-10H,1-7H2. The highest BCUT2D eigenvalue weighted by Crippen LogP contribution is 2.34. The zero-order valence-corrected chi connectivity index (χ0v) is 8.69. The average Bonchev–Trinajstić information content (AvgIpc) is 2.63. The van der Waals surface area contributed by atoms with Gasteiger partial charge in [0.15, 0.2) is 0 Å². The molecule has 0 spiro atoms. The number of nitriles is 1. The molecule has 0 amide bonds. The van der Waals surface area contributed by atoms with Gasteiger partial charge in [0, 0.05) is 12.3 Å². The maximum Gasteiger partial charge on any atom is 0.389 e. The minimum atomic E-state index is -4.07. The van der Waals surface area contributed by atoms with Crippen LogP contribution in [0.5, 0.6) is 0 Å². The van der Waals surface area contributed by atoms with Gasteiger partial charge in [0.05, 0.1) is 6.07 Å². The molecule has 1 atom stereocenters. The van der Waals surface area contributed by atoms with E-state index in [2.05, 4.69) is 6.07 Å². The van der Waals surface area contributed by atoms with Gasteiger partial charge in [0.2, 0.25) is 0 Å². The van der Waals surface area contributed by atoms with Gasteiger partial charge in [-0.15, -0.1) is 0 Å². The lowest BCUT2D eigenvalue weighted by Gasteiger charge is -2.16. The smallest absolute Gasteiger partial charge is 0.198 e. The molecule has 0 bridgehead atoms. The van der Waals surface area contributed by atoms with Crippen molar-refractivity contribution < 1.29 is 13.2 Å². The molecule has 0 aromatic rings. The van der Waals surface area contributed by atoms with Crippen LogP contribution in [-0.4, -0.2) is 6.18 Å². The number of halogens is 3. The summed E-state index contributed by atoms with van der Waals surface area (Å²) in [5.41, 5.74) is 0. The fourth-order valence-corrected chi connectivity index (χ4v) is 2.29. The molecule has 0 aromatic heterocycles. The summed E-state index contributed by atoms with van der Waals surface area (Å²) in [5, 5.41) is 8.88. The first kappa shape index (κ1) is 12.4. The van der Waals surface area contributed by atoms with Crippen molar-refractivity contribution in [2.75, 3.05) is 0 Å². The first-order valence-corrected chi connectivity index (χ1v) is 5.49. The van der Waals surface area contributed by atoms with Gasteiger partial charge in [-0.3, -0.25) is 0 Å². The average molecular weight is 219 g/mol. The van der Waals surface area contributed by atoms with Gasteiger partial charge >= 0.3 is 6.18 Å². The molecular formula is C11H16F3N. The highest BCUT2D eigenvalue weighted by Gasteiger charge is 2.29. The molecule has 0 N–H and O–H groups in total. The number of hydrogen-bond acceptors (Lipinski definition) is 1. The molecule has 1 nitrogen and oxygen atoms in total. The van der Waals surface area contributed by atoms with Gasteiger partial charge in [-0.1, -0.05) is 12.8 Å². The maximum atomic E-state index is 11.9. The summed E-state index contributed by atoms with van der Waals surface area (Å²) < 4.78 is 35.7. The lowest BCUT2D eigenvalue weighted by atomic mass is 9.88. The van der Waals surface area contributed by atoms with E-state index < -0.39 is 12.6 Å². The molecule has 4 heteroatoms. The predicted octanol–water partition coefficient (Wildman–Crippen LogP) is 4.05. The van der Waals surface area contributed by atoms with Crippen LogP contribution in [0.4, 0.5) is 13.2 Å². The molecule has 0 heterocycles. The van der Waals surface area contributed by atoms with Crippen molar-refractivity contribution >= 4 is 0 Å². The van der Waals surface area contributed by atoms with E-state index in [0.717, 1.165) is 25.7 Å². The molecule has 0 radical (unpaired) electrons. The Labute approximate surface area is 88.3 Å². The molecule has 1 aliphatic carbocycles. The molecule has 86 valence electrons. The summed E-state index contributed by atoms with van der Waals surface area (Å²) in [7, 11) is 0. The van der Waals surface area contributed by atoms with Gasteiger partial charge < -0.3 is 0 Å². The van der Waals surface area contributed by atoms with Crippen LogP contribution in [0.3, 0.4) is 0 Å². The number of hydrogen-bond donors (Lipinski definition) is 0. The van der Waals surface area contributed by atoms with Gasteiger partial charge in [0.25, 0.3) is 0 Å². The number of alkyl halides is 3. The van der Waals surface area contributed by atoms with Gasteiger partial charge in [-0.05, 0) is 31.6 Å². The molecule has 15 heavy (non-hydrogen) atoms. The van der Waals surface area contributed by atoms with Gasteiger partial charge in [0.1, 0.15) is 0 Å². The van der Waals surface area contributed by atoms with Crippen molar-refractivity contribution in [3.63, 3.8) is 0 Å². The van der Waals surface area contributed by atoms with Crippen LogP contribution in [0.25, 0.3) is 0 Å². The van der Waals surface area contributed by atoms with E-state index in [1.54, 1.807) is 0 Å². The Morgan fingerprint density at radius 3 is 2.33 bits per heavy atom. The second-order valence-corrected chi connectivity index (χ2v) is 4.29. The lowest BCUT2D eigenvalue weighted by Crippen LogP contribution is -2.12. The van der Waals surface area contributed by atoms with Crippen LogP contribution < -0.4 is 0 Å². The van der Waals surface area contributed by atoms with Crippen LogP contribution in [-0.2, 0) is 0 Å². The third-order valence-corrected chi connectivity index (χ3v) is 3.11. The van der Waals surface area contributed by atoms with E-state index in [0.29, 0.717) is 12.3 Å². The third-order valence-electron chi connectivity index (χ3n) is 3.11. The summed E-state index contributed by atoms with van der Waals surface area (Å²) in [6.07, 6.45) is -0.0365. The van der Waals surface area contributed by atoms with E-state index in [1.165, 1.54) is 0 Å². The number of nitrogens with zero attached hydrogens (tertiary/aromatic N) is 1. The van der Waals surface area contributed by atoms with Crippen LogP contribution in [0.15, 0.2) is 0 Å². The topological polar surface area (TPSA) is 23.8 Å². The van der Waals surface area contributed by atoms with E-state index >= 15 is 0 Å². The highest BCUT2D eigenvalue weighted by molar-refractivity contribution is 4.90. The van der Waals surface area contributed by atoms with E-state index in [4.69, 9.17) is 5.26 Å². The first-order chi connectivity index (χ1) is 7.03. The lowest BCUT2D eigenvalue weighted by molar-refractivity contribution is -0.136. The summed E-state index contributed by atoms with van der Waals surface area (Å²) in [4.78, 5) is 0. The Kier molecular flexibility index (Phi) is 4.44. The Balaban J connectivity index is 2.26. The second kappa shape index (κ2) is 5.39. The van der Waals surface area contributed by atoms with Crippen molar-refractivity contribution in [3.05, 3.63) is 0 Å². The Hall–Kier alpha value is -0.720. The molecule has 0 aromatic carbocycles. The Bertz CT molecular complexity index is 223. The van der Waals surface area contributed by atoms with E-state index in [1.807, 2.05) is 0 Å². The Morgan fingerprint density at radius 2 is 1.87 bits per heavy atom. The van der Waals surface area contributed by atoms with Crippen molar-refractivity contribution in [1.82, 2.24) is 0 Å². The first-order valence-electron chi connectivity index (χ1n) is 5.49. The van der Waals surface area contributed by atoms with Gasteiger partial charge in [-0.25, -0.2) is 0 Å². The fourth-order valence-electron chi connectivity index (χ4n) is 2.29. The zero-order valence-electron chi connectivity index (χ0n) is 8.69. The van der Waals surface area contributed by atoms with Crippen molar-refractivity contribution in [2.24, 2.45) is 11.8 Å². The highest BCUT2D eigenvalue weighted by atomic mass is 19.4. The largest absolute Gasteiger partial charge is 0.389 e. The maximum absolute atomic E-state index is 11.9. The minimum absolute atomic E-state index is 0.0955. The summed E-state index contributed by atoms with van der Waals surface area (Å²) in [6, 6.07) is 2.16.